The minimum atomic E-state index is -3.53. The van der Waals surface area contributed by atoms with Crippen LogP contribution in [0.25, 0.3) is 0 Å². The Bertz CT molecular complexity index is 765. The summed E-state index contributed by atoms with van der Waals surface area (Å²) in [6, 6.07) is 15.6. The van der Waals surface area contributed by atoms with E-state index in [1.54, 1.807) is 48.5 Å². The summed E-state index contributed by atoms with van der Waals surface area (Å²) in [4.78, 5) is 0. The van der Waals surface area contributed by atoms with Gasteiger partial charge in [-0.1, -0.05) is 41.9 Å². The van der Waals surface area contributed by atoms with Crippen LogP contribution >= 0.6 is 11.6 Å². The lowest BCUT2D eigenvalue weighted by Gasteiger charge is -2.09. The Labute approximate surface area is 129 Å². The average Bonchev–Trinajstić information content (AvgIpc) is 2.43. The maximum absolute atomic E-state index is 12.1. The standard InChI is InChI=1S/C15H13ClN2O2S/c16-15-4-2-1-3-13(15)11-21(19,20)18-14-7-5-12(6-8-14)9-10-17/h1-8,18H,9,11H2. The van der Waals surface area contributed by atoms with Crippen LogP contribution in [0.15, 0.2) is 48.5 Å². The maximum atomic E-state index is 12.1. The molecule has 0 radical (unpaired) electrons. The van der Waals surface area contributed by atoms with E-state index in [0.717, 1.165) is 5.56 Å². The maximum Gasteiger partial charge on any atom is 0.236 e. The molecule has 4 nitrogen and oxygen atoms in total. The molecule has 0 aromatic heterocycles. The van der Waals surface area contributed by atoms with Crippen LogP contribution in [0, 0.1) is 11.3 Å². The lowest BCUT2D eigenvalue weighted by atomic mass is 10.1. The van der Waals surface area contributed by atoms with E-state index >= 15 is 0 Å². The molecule has 2 rings (SSSR count). The van der Waals surface area contributed by atoms with E-state index in [1.165, 1.54) is 0 Å². The largest absolute Gasteiger partial charge is 0.283 e. The minimum Gasteiger partial charge on any atom is -0.283 e. The van der Waals surface area contributed by atoms with Crippen LogP contribution in [-0.2, 0) is 22.2 Å². The number of hydrogen-bond acceptors (Lipinski definition) is 3. The van der Waals surface area contributed by atoms with Crippen molar-refractivity contribution in [3.8, 4) is 6.07 Å². The number of halogens is 1. The number of anilines is 1. The van der Waals surface area contributed by atoms with Crippen LogP contribution in [0.5, 0.6) is 0 Å². The summed E-state index contributed by atoms with van der Waals surface area (Å²) in [5.41, 5.74) is 1.85. The first-order chi connectivity index (χ1) is 10.00. The Morgan fingerprint density at radius 2 is 1.76 bits per heavy atom. The Morgan fingerprint density at radius 3 is 2.38 bits per heavy atom. The molecule has 21 heavy (non-hydrogen) atoms. The lowest BCUT2D eigenvalue weighted by Crippen LogP contribution is -2.15. The molecule has 0 spiro atoms. The topological polar surface area (TPSA) is 70.0 Å². The predicted molar refractivity (Wildman–Crippen MR) is 83.5 cm³/mol. The normalized spacial score (nSPS) is 10.9. The molecule has 2 aromatic carbocycles. The molecule has 0 fully saturated rings. The van der Waals surface area contributed by atoms with Gasteiger partial charge in [0.2, 0.25) is 10.0 Å². The summed E-state index contributed by atoms with van der Waals surface area (Å²) in [6.07, 6.45) is 0.298. The highest BCUT2D eigenvalue weighted by Crippen LogP contribution is 2.19. The lowest BCUT2D eigenvalue weighted by molar-refractivity contribution is 0.600. The molecule has 0 aliphatic carbocycles. The number of nitriles is 1. The van der Waals surface area contributed by atoms with Crippen molar-refractivity contribution < 1.29 is 8.42 Å². The average molecular weight is 321 g/mol. The second-order valence-corrected chi connectivity index (χ2v) is 6.61. The highest BCUT2D eigenvalue weighted by atomic mass is 35.5. The van der Waals surface area contributed by atoms with Gasteiger partial charge in [0.05, 0.1) is 18.2 Å². The van der Waals surface area contributed by atoms with Gasteiger partial charge in [0, 0.05) is 10.7 Å². The Balaban J connectivity index is 2.11. The van der Waals surface area contributed by atoms with Crippen LogP contribution in [0.1, 0.15) is 11.1 Å². The fraction of sp³-hybridized carbons (Fsp3) is 0.133. The Morgan fingerprint density at radius 1 is 1.10 bits per heavy atom. The van der Waals surface area contributed by atoms with E-state index in [4.69, 9.17) is 16.9 Å². The first-order valence-electron chi connectivity index (χ1n) is 6.20. The number of nitrogens with zero attached hydrogens (tertiary/aromatic N) is 1. The molecule has 0 amide bonds. The number of sulfonamides is 1. The molecule has 0 aliphatic heterocycles. The minimum absolute atomic E-state index is 0.188. The summed E-state index contributed by atoms with van der Waals surface area (Å²) in [7, 11) is -3.53. The van der Waals surface area contributed by atoms with Crippen molar-refractivity contribution in [1.29, 1.82) is 5.26 Å². The highest BCUT2D eigenvalue weighted by molar-refractivity contribution is 7.91. The van der Waals surface area contributed by atoms with Crippen molar-refractivity contribution >= 4 is 27.3 Å². The summed E-state index contributed by atoms with van der Waals surface area (Å²) in [6.45, 7) is 0. The first kappa shape index (κ1) is 15.4. The van der Waals surface area contributed by atoms with Crippen LogP contribution in [-0.4, -0.2) is 8.42 Å². The molecule has 0 atom stereocenters. The third kappa shape index (κ3) is 4.48. The SMILES string of the molecule is N#CCc1ccc(NS(=O)(=O)Cc2ccccc2Cl)cc1. The molecule has 6 heteroatoms. The summed E-state index contributed by atoms with van der Waals surface area (Å²) >= 11 is 5.97. The molecule has 0 saturated heterocycles. The molecule has 0 saturated carbocycles. The zero-order valence-electron chi connectivity index (χ0n) is 11.1. The molecule has 108 valence electrons. The number of benzene rings is 2. The van der Waals surface area contributed by atoms with Gasteiger partial charge in [-0.15, -0.1) is 0 Å². The van der Waals surface area contributed by atoms with Crippen molar-refractivity contribution in [2.75, 3.05) is 4.72 Å². The predicted octanol–water partition coefficient (Wildman–Crippen LogP) is 3.35. The number of hydrogen-bond donors (Lipinski definition) is 1. The van der Waals surface area contributed by atoms with Crippen LogP contribution in [0.4, 0.5) is 5.69 Å². The van der Waals surface area contributed by atoms with Gasteiger partial charge < -0.3 is 0 Å². The van der Waals surface area contributed by atoms with Gasteiger partial charge in [-0.2, -0.15) is 5.26 Å². The van der Waals surface area contributed by atoms with Gasteiger partial charge >= 0.3 is 0 Å². The zero-order chi connectivity index (χ0) is 15.3. The smallest absolute Gasteiger partial charge is 0.236 e. The van der Waals surface area contributed by atoms with Crippen molar-refractivity contribution in [1.82, 2.24) is 0 Å². The Kier molecular flexibility index (Phi) is 4.84. The molecule has 2 aromatic rings. The van der Waals surface area contributed by atoms with Crippen molar-refractivity contribution in [3.05, 3.63) is 64.7 Å². The van der Waals surface area contributed by atoms with Crippen molar-refractivity contribution in [3.63, 3.8) is 0 Å². The van der Waals surface area contributed by atoms with E-state index in [9.17, 15) is 8.42 Å². The van der Waals surface area contributed by atoms with Gasteiger partial charge in [0.1, 0.15) is 0 Å². The molecule has 0 unspecified atom stereocenters. The molecule has 0 bridgehead atoms. The van der Waals surface area contributed by atoms with Gasteiger partial charge in [0.15, 0.2) is 0 Å². The van der Waals surface area contributed by atoms with E-state index < -0.39 is 10.0 Å². The highest BCUT2D eigenvalue weighted by Gasteiger charge is 2.13. The van der Waals surface area contributed by atoms with E-state index in [2.05, 4.69) is 4.72 Å². The van der Waals surface area contributed by atoms with Crippen LogP contribution in [0.2, 0.25) is 5.02 Å². The molecule has 0 heterocycles. The first-order valence-corrected chi connectivity index (χ1v) is 8.23. The van der Waals surface area contributed by atoms with Gasteiger partial charge in [-0.25, -0.2) is 8.42 Å². The third-order valence-corrected chi connectivity index (χ3v) is 4.42. The molecular weight excluding hydrogens is 308 g/mol. The fourth-order valence-corrected chi connectivity index (χ4v) is 3.33. The third-order valence-electron chi connectivity index (χ3n) is 2.81. The second kappa shape index (κ2) is 6.61. The second-order valence-electron chi connectivity index (χ2n) is 4.48. The van der Waals surface area contributed by atoms with E-state index in [1.807, 2.05) is 6.07 Å². The van der Waals surface area contributed by atoms with Gasteiger partial charge in [0.25, 0.3) is 0 Å². The van der Waals surface area contributed by atoms with E-state index in [-0.39, 0.29) is 5.75 Å². The van der Waals surface area contributed by atoms with Gasteiger partial charge in [-0.3, -0.25) is 4.72 Å². The fourth-order valence-electron chi connectivity index (χ4n) is 1.82. The van der Waals surface area contributed by atoms with Crippen molar-refractivity contribution in [2.24, 2.45) is 0 Å². The zero-order valence-corrected chi connectivity index (χ0v) is 12.7. The van der Waals surface area contributed by atoms with Crippen molar-refractivity contribution in [2.45, 2.75) is 12.2 Å². The Hall–Kier alpha value is -2.03. The summed E-state index contributed by atoms with van der Waals surface area (Å²) in [5.74, 6) is -0.188. The molecular formula is C15H13ClN2O2S. The number of rotatable bonds is 5. The van der Waals surface area contributed by atoms with Gasteiger partial charge in [-0.05, 0) is 29.3 Å². The quantitative estimate of drug-likeness (QED) is 0.918. The van der Waals surface area contributed by atoms with E-state index in [0.29, 0.717) is 22.7 Å². The number of nitrogens with one attached hydrogen (secondary N) is 1. The van der Waals surface area contributed by atoms with Crippen LogP contribution in [0.3, 0.4) is 0 Å². The molecule has 1 N–H and O–H groups in total. The monoisotopic (exact) mass is 320 g/mol. The molecule has 0 aliphatic rings. The van der Waals surface area contributed by atoms with Crippen LogP contribution < -0.4 is 4.72 Å². The summed E-state index contributed by atoms with van der Waals surface area (Å²) in [5, 5.41) is 9.01. The summed E-state index contributed by atoms with van der Waals surface area (Å²) < 4.78 is 26.7.